The van der Waals surface area contributed by atoms with E-state index < -0.39 is 31.0 Å². The van der Waals surface area contributed by atoms with Gasteiger partial charge < -0.3 is 0 Å². The van der Waals surface area contributed by atoms with E-state index in [1.54, 1.807) is 0 Å². The molecule has 0 aromatic heterocycles. The molecule has 7 heteroatoms. The molecule has 0 bridgehead atoms. The van der Waals surface area contributed by atoms with Gasteiger partial charge in [-0.25, -0.2) is 0 Å². The molecule has 0 spiro atoms. The van der Waals surface area contributed by atoms with Crippen LogP contribution in [-0.4, -0.2) is 68.7 Å². The summed E-state index contributed by atoms with van der Waals surface area (Å²) in [5, 5.41) is 0. The average Bonchev–Trinajstić information content (AvgIpc) is 1.39. The zero-order valence-corrected chi connectivity index (χ0v) is 8.01. The second-order valence-electron chi connectivity index (χ2n) is 0.192. The SMILES string of the molecule is [Ca].[O]=[Al][O-].[O]=[Al][O-]. The van der Waals surface area contributed by atoms with E-state index in [2.05, 4.69) is 0 Å². The van der Waals surface area contributed by atoms with Gasteiger partial charge in [-0.3, -0.25) is 0 Å². The van der Waals surface area contributed by atoms with E-state index >= 15 is 0 Å². The van der Waals surface area contributed by atoms with Crippen molar-refractivity contribution in [2.45, 2.75) is 0 Å². The Morgan fingerprint density at radius 3 is 1.00 bits per heavy atom. The van der Waals surface area contributed by atoms with Gasteiger partial charge in [-0.15, -0.1) is 0 Å². The van der Waals surface area contributed by atoms with Gasteiger partial charge in [0.25, 0.3) is 0 Å². The molecular formula is Al2CaO4-2. The molecule has 0 saturated heterocycles. The average molecular weight is 158 g/mol. The Hall–Kier alpha value is 1.52. The molecule has 0 fully saturated rings. The summed E-state index contributed by atoms with van der Waals surface area (Å²) in [6.45, 7) is 0. The fourth-order valence-corrected chi connectivity index (χ4v) is 0. The van der Waals surface area contributed by atoms with Crippen LogP contribution in [0.25, 0.3) is 0 Å². The van der Waals surface area contributed by atoms with Crippen molar-refractivity contribution in [1.29, 1.82) is 0 Å². The zero-order chi connectivity index (χ0) is 5.41. The van der Waals surface area contributed by atoms with E-state index in [-0.39, 0.29) is 37.7 Å². The van der Waals surface area contributed by atoms with E-state index in [1.165, 1.54) is 0 Å². The van der Waals surface area contributed by atoms with E-state index in [9.17, 15) is 0 Å². The summed E-state index contributed by atoms with van der Waals surface area (Å²) in [4.78, 5) is 0. The van der Waals surface area contributed by atoms with Crippen LogP contribution in [0.15, 0.2) is 0 Å². The van der Waals surface area contributed by atoms with E-state index in [0.29, 0.717) is 0 Å². The monoisotopic (exact) mass is 158 g/mol. The van der Waals surface area contributed by atoms with Gasteiger partial charge in [0.15, 0.2) is 0 Å². The summed E-state index contributed by atoms with van der Waals surface area (Å²) < 4.78 is 33.8. The standard InChI is InChI=1S/2Al.Ca.4O/q;;;;;2*-1. The molecule has 0 aliphatic carbocycles. The van der Waals surface area contributed by atoms with Crippen LogP contribution < -0.4 is 8.32 Å². The first-order valence-electron chi connectivity index (χ1n) is 0.943. The molecule has 0 rings (SSSR count). The quantitative estimate of drug-likeness (QED) is 0.339. The maximum absolute atomic E-state index is 8.46. The molecule has 4 nitrogen and oxygen atoms in total. The fourth-order valence-electron chi connectivity index (χ4n) is 0. The zero-order valence-electron chi connectivity index (χ0n) is 3.49. The Morgan fingerprint density at radius 1 is 1.00 bits per heavy atom. The molecule has 0 aromatic carbocycles. The third-order valence-electron chi connectivity index (χ3n) is 0. The minimum absolute atomic E-state index is 0. The predicted molar refractivity (Wildman–Crippen MR) is 18.6 cm³/mol. The van der Waals surface area contributed by atoms with E-state index in [1.807, 2.05) is 0 Å². The van der Waals surface area contributed by atoms with Crippen LogP contribution in [0.2, 0.25) is 0 Å². The summed E-state index contributed by atoms with van der Waals surface area (Å²) in [5.74, 6) is 0. The van der Waals surface area contributed by atoms with Gasteiger partial charge in [0, 0.05) is 37.7 Å². The fraction of sp³-hybridized carbons (Fsp3) is 0. The molecule has 0 aromatic rings. The van der Waals surface area contributed by atoms with Crippen molar-refractivity contribution in [1.82, 2.24) is 0 Å². The molecule has 0 aliphatic rings. The van der Waals surface area contributed by atoms with Crippen molar-refractivity contribution < 1.29 is 15.9 Å². The van der Waals surface area contributed by atoms with Crippen LogP contribution in [0.1, 0.15) is 0 Å². The van der Waals surface area contributed by atoms with Gasteiger partial charge in [-0.05, 0) is 0 Å². The van der Waals surface area contributed by atoms with Crippen molar-refractivity contribution in [2.24, 2.45) is 0 Å². The second-order valence-corrected chi connectivity index (χ2v) is 0.577. The third kappa shape index (κ3) is 98.8. The van der Waals surface area contributed by atoms with Crippen molar-refractivity contribution in [2.75, 3.05) is 0 Å². The van der Waals surface area contributed by atoms with Crippen LogP contribution >= 0.6 is 0 Å². The number of hydrogen-bond donors (Lipinski definition) is 0. The van der Waals surface area contributed by atoms with E-state index in [0.717, 1.165) is 0 Å². The Bertz CT molecular complexity index is 30.7. The van der Waals surface area contributed by atoms with Crippen LogP contribution in [0.4, 0.5) is 0 Å². The summed E-state index contributed by atoms with van der Waals surface area (Å²) in [5.41, 5.74) is 0. The molecule has 0 heterocycles. The van der Waals surface area contributed by atoms with Gasteiger partial charge in [0.1, 0.15) is 0 Å². The first kappa shape index (κ1) is 15.8. The van der Waals surface area contributed by atoms with Crippen molar-refractivity contribution >= 4 is 68.7 Å². The van der Waals surface area contributed by atoms with Gasteiger partial charge in [-0.1, -0.05) is 0 Å². The molecular weight excluding hydrogens is 158 g/mol. The Labute approximate surface area is 83.4 Å². The first-order valence-corrected chi connectivity index (χ1v) is 2.83. The van der Waals surface area contributed by atoms with E-state index in [4.69, 9.17) is 15.9 Å². The summed E-state index contributed by atoms with van der Waals surface area (Å²) in [6, 6.07) is 0. The summed E-state index contributed by atoms with van der Waals surface area (Å²) in [6.07, 6.45) is 0. The Morgan fingerprint density at radius 2 is 1.00 bits per heavy atom. The third-order valence-corrected chi connectivity index (χ3v) is 0. The second kappa shape index (κ2) is 25.8. The molecule has 0 aliphatic heterocycles. The van der Waals surface area contributed by atoms with Gasteiger partial charge in [0.05, 0.1) is 0 Å². The van der Waals surface area contributed by atoms with Crippen molar-refractivity contribution in [3.63, 3.8) is 0 Å². The Balaban J connectivity index is -0.0000000400. The predicted octanol–water partition coefficient (Wildman–Crippen LogP) is -3.76. The topological polar surface area (TPSA) is 80.3 Å². The van der Waals surface area contributed by atoms with Gasteiger partial charge in [0.2, 0.25) is 0 Å². The maximum atomic E-state index is 8.46. The summed E-state index contributed by atoms with van der Waals surface area (Å²) in [7, 11) is 0. The van der Waals surface area contributed by atoms with Gasteiger partial charge >= 0.3 is 46.9 Å². The van der Waals surface area contributed by atoms with Crippen LogP contribution in [0.5, 0.6) is 0 Å². The first-order chi connectivity index (χ1) is 2.83. The molecule has 7 heavy (non-hydrogen) atoms. The van der Waals surface area contributed by atoms with Crippen LogP contribution in [0.3, 0.4) is 0 Å². The molecule has 0 amide bonds. The number of hydrogen-bond acceptors (Lipinski definition) is 4. The molecule has 0 unspecified atom stereocenters. The minimum atomic E-state index is -1.75. The number of rotatable bonds is 0. The van der Waals surface area contributed by atoms with Crippen LogP contribution in [-0.2, 0) is 7.61 Å². The summed E-state index contributed by atoms with van der Waals surface area (Å²) >= 11 is -3.50. The molecule has 2 radical (unpaired) electrons. The molecule has 0 atom stereocenters. The van der Waals surface area contributed by atoms with Crippen molar-refractivity contribution in [3.8, 4) is 0 Å². The Kier molecular flexibility index (Phi) is 58.3. The van der Waals surface area contributed by atoms with Gasteiger partial charge in [-0.2, -0.15) is 0 Å². The molecule has 0 N–H and O–H groups in total. The van der Waals surface area contributed by atoms with Crippen LogP contribution in [0, 0.1) is 0 Å². The normalized spacial score (nSPS) is 2.29. The van der Waals surface area contributed by atoms with Crippen molar-refractivity contribution in [3.05, 3.63) is 0 Å². The molecule has 0 saturated carbocycles. The molecule has 34 valence electrons.